The van der Waals surface area contributed by atoms with Gasteiger partial charge in [0.1, 0.15) is 11.5 Å². The van der Waals surface area contributed by atoms with Crippen molar-refractivity contribution in [2.75, 3.05) is 13.2 Å². The van der Waals surface area contributed by atoms with Crippen molar-refractivity contribution in [3.8, 4) is 11.5 Å². The number of rotatable bonds is 9. The van der Waals surface area contributed by atoms with Gasteiger partial charge in [-0.3, -0.25) is 4.79 Å². The molecular weight excluding hydrogens is 338 g/mol. The van der Waals surface area contributed by atoms with Crippen molar-refractivity contribution in [2.24, 2.45) is 0 Å². The molecule has 0 saturated heterocycles. The number of carbonyl (C=O) groups excluding carboxylic acids is 1. The van der Waals surface area contributed by atoms with E-state index in [1.807, 2.05) is 31.2 Å². The summed E-state index contributed by atoms with van der Waals surface area (Å²) < 4.78 is 11.0. The van der Waals surface area contributed by atoms with Crippen molar-refractivity contribution in [3.63, 3.8) is 0 Å². The Kier molecular flexibility index (Phi) is 7.61. The van der Waals surface area contributed by atoms with E-state index >= 15 is 0 Å². The molecule has 0 saturated carbocycles. The van der Waals surface area contributed by atoms with Gasteiger partial charge in [0, 0.05) is 6.54 Å². The maximum Gasteiger partial charge on any atom is 0.260 e. The summed E-state index contributed by atoms with van der Waals surface area (Å²) >= 11 is 6.03. The van der Waals surface area contributed by atoms with Gasteiger partial charge in [-0.25, -0.2) is 0 Å². The van der Waals surface area contributed by atoms with Gasteiger partial charge in [0.25, 0.3) is 5.91 Å². The standard InChI is InChI=1S/C20H24ClNO3/c1-3-24-17-12-10-16(11-13-17)7-6-14-22-20(23)15(2)25-19-9-5-4-8-18(19)21/h4-5,8-13,15H,3,6-7,14H2,1-2H3,(H,22,23). The molecule has 0 radical (unpaired) electrons. The molecule has 0 spiro atoms. The third-order valence-electron chi connectivity index (χ3n) is 3.69. The van der Waals surface area contributed by atoms with Gasteiger partial charge >= 0.3 is 0 Å². The van der Waals surface area contributed by atoms with Crippen LogP contribution in [0.25, 0.3) is 0 Å². The minimum absolute atomic E-state index is 0.147. The van der Waals surface area contributed by atoms with Crippen molar-refractivity contribution in [3.05, 3.63) is 59.1 Å². The molecule has 0 bridgehead atoms. The summed E-state index contributed by atoms with van der Waals surface area (Å²) in [6.45, 7) is 4.94. The van der Waals surface area contributed by atoms with Crippen LogP contribution in [-0.4, -0.2) is 25.2 Å². The van der Waals surface area contributed by atoms with Crippen molar-refractivity contribution in [2.45, 2.75) is 32.8 Å². The lowest BCUT2D eigenvalue weighted by atomic mass is 10.1. The fraction of sp³-hybridized carbons (Fsp3) is 0.350. The number of hydrogen-bond donors (Lipinski definition) is 1. The molecule has 1 atom stereocenters. The fourth-order valence-electron chi connectivity index (χ4n) is 2.35. The summed E-state index contributed by atoms with van der Waals surface area (Å²) in [6, 6.07) is 15.2. The van der Waals surface area contributed by atoms with Crippen LogP contribution in [0.3, 0.4) is 0 Å². The largest absolute Gasteiger partial charge is 0.494 e. The predicted octanol–water partition coefficient (Wildman–Crippen LogP) is 4.26. The van der Waals surface area contributed by atoms with Gasteiger partial charge in [0.15, 0.2) is 6.10 Å². The molecule has 0 aliphatic carbocycles. The Balaban J connectivity index is 1.70. The number of hydrogen-bond acceptors (Lipinski definition) is 3. The second-order valence-electron chi connectivity index (χ2n) is 5.66. The first-order valence-electron chi connectivity index (χ1n) is 8.50. The van der Waals surface area contributed by atoms with Gasteiger partial charge < -0.3 is 14.8 Å². The highest BCUT2D eigenvalue weighted by Crippen LogP contribution is 2.24. The molecule has 0 aliphatic heterocycles. The molecule has 4 nitrogen and oxygen atoms in total. The maximum atomic E-state index is 12.1. The smallest absolute Gasteiger partial charge is 0.260 e. The molecule has 25 heavy (non-hydrogen) atoms. The van der Waals surface area contributed by atoms with Gasteiger partial charge in [-0.1, -0.05) is 35.9 Å². The molecule has 2 aromatic rings. The average Bonchev–Trinajstić information content (AvgIpc) is 2.62. The van der Waals surface area contributed by atoms with Crippen LogP contribution >= 0.6 is 11.6 Å². The van der Waals surface area contributed by atoms with Gasteiger partial charge in [0.2, 0.25) is 0 Å². The highest BCUT2D eigenvalue weighted by molar-refractivity contribution is 6.32. The molecule has 0 aliphatic rings. The number of amides is 1. The molecule has 0 aromatic heterocycles. The number of benzene rings is 2. The Labute approximate surface area is 154 Å². The van der Waals surface area contributed by atoms with Crippen molar-refractivity contribution < 1.29 is 14.3 Å². The molecule has 5 heteroatoms. The molecule has 1 N–H and O–H groups in total. The van der Waals surface area contributed by atoms with Crippen LogP contribution in [0.15, 0.2) is 48.5 Å². The minimum atomic E-state index is -0.592. The molecule has 2 aromatic carbocycles. The summed E-state index contributed by atoms with van der Waals surface area (Å²) in [7, 11) is 0. The van der Waals surface area contributed by atoms with Crippen LogP contribution in [0.1, 0.15) is 25.8 Å². The van der Waals surface area contributed by atoms with Gasteiger partial charge in [-0.05, 0) is 56.5 Å². The zero-order valence-electron chi connectivity index (χ0n) is 14.6. The van der Waals surface area contributed by atoms with E-state index in [4.69, 9.17) is 21.1 Å². The summed E-state index contributed by atoms with van der Waals surface area (Å²) in [4.78, 5) is 12.1. The van der Waals surface area contributed by atoms with Crippen molar-refractivity contribution >= 4 is 17.5 Å². The molecule has 1 amide bonds. The molecule has 134 valence electrons. The molecule has 2 rings (SSSR count). The maximum absolute atomic E-state index is 12.1. The van der Waals surface area contributed by atoms with Crippen LogP contribution in [0.5, 0.6) is 11.5 Å². The number of ether oxygens (including phenoxy) is 2. The topological polar surface area (TPSA) is 47.6 Å². The lowest BCUT2D eigenvalue weighted by Crippen LogP contribution is -2.37. The zero-order valence-corrected chi connectivity index (χ0v) is 15.4. The van der Waals surface area contributed by atoms with Crippen LogP contribution in [0.2, 0.25) is 5.02 Å². The average molecular weight is 362 g/mol. The summed E-state index contributed by atoms with van der Waals surface area (Å²) in [6.07, 6.45) is 1.16. The van der Waals surface area contributed by atoms with Crippen LogP contribution in [-0.2, 0) is 11.2 Å². The number of para-hydroxylation sites is 1. The van der Waals surface area contributed by atoms with E-state index in [1.54, 1.807) is 19.1 Å². The third-order valence-corrected chi connectivity index (χ3v) is 4.00. The number of aryl methyl sites for hydroxylation is 1. The number of nitrogens with one attached hydrogen (secondary N) is 1. The van der Waals surface area contributed by atoms with Crippen LogP contribution < -0.4 is 14.8 Å². The summed E-state index contributed by atoms with van der Waals surface area (Å²) in [5, 5.41) is 3.39. The highest BCUT2D eigenvalue weighted by Gasteiger charge is 2.15. The molecule has 1 unspecified atom stereocenters. The number of carbonyl (C=O) groups is 1. The van der Waals surface area contributed by atoms with E-state index in [1.165, 1.54) is 5.56 Å². The van der Waals surface area contributed by atoms with Gasteiger partial charge in [-0.15, -0.1) is 0 Å². The Hall–Kier alpha value is -2.20. The lowest BCUT2D eigenvalue weighted by Gasteiger charge is -2.15. The normalized spacial score (nSPS) is 11.6. The summed E-state index contributed by atoms with van der Waals surface area (Å²) in [5.41, 5.74) is 1.22. The highest BCUT2D eigenvalue weighted by atomic mass is 35.5. The minimum Gasteiger partial charge on any atom is -0.494 e. The van der Waals surface area contributed by atoms with Crippen molar-refractivity contribution in [1.29, 1.82) is 0 Å². The quantitative estimate of drug-likeness (QED) is 0.679. The Morgan fingerprint density at radius 1 is 1.16 bits per heavy atom. The van der Waals surface area contributed by atoms with E-state index in [9.17, 15) is 4.79 Å². The zero-order chi connectivity index (χ0) is 18.1. The first-order chi connectivity index (χ1) is 12.1. The van der Waals surface area contributed by atoms with Crippen molar-refractivity contribution in [1.82, 2.24) is 5.32 Å². The third kappa shape index (κ3) is 6.31. The first kappa shape index (κ1) is 19.1. The van der Waals surface area contributed by atoms with E-state index in [-0.39, 0.29) is 5.91 Å². The Morgan fingerprint density at radius 3 is 2.56 bits per heavy atom. The van der Waals surface area contributed by atoms with Gasteiger partial charge in [-0.2, -0.15) is 0 Å². The molecular formula is C20H24ClNO3. The van der Waals surface area contributed by atoms with Gasteiger partial charge in [0.05, 0.1) is 11.6 Å². The fourth-order valence-corrected chi connectivity index (χ4v) is 2.53. The monoisotopic (exact) mass is 361 g/mol. The second-order valence-corrected chi connectivity index (χ2v) is 6.07. The Bertz CT molecular complexity index is 673. The Morgan fingerprint density at radius 2 is 1.88 bits per heavy atom. The second kappa shape index (κ2) is 9.94. The predicted molar refractivity (Wildman–Crippen MR) is 100 cm³/mol. The van der Waals surface area contributed by atoms with E-state index in [0.29, 0.717) is 23.9 Å². The first-order valence-corrected chi connectivity index (χ1v) is 8.88. The van der Waals surface area contributed by atoms with Crippen LogP contribution in [0, 0.1) is 0 Å². The van der Waals surface area contributed by atoms with E-state index in [0.717, 1.165) is 18.6 Å². The SMILES string of the molecule is CCOc1ccc(CCCNC(=O)C(C)Oc2ccccc2Cl)cc1. The van der Waals surface area contributed by atoms with E-state index < -0.39 is 6.10 Å². The summed E-state index contributed by atoms with van der Waals surface area (Å²) in [5.74, 6) is 1.25. The van der Waals surface area contributed by atoms with E-state index in [2.05, 4.69) is 17.4 Å². The van der Waals surface area contributed by atoms with Crippen LogP contribution in [0.4, 0.5) is 0 Å². The number of halogens is 1. The molecule has 0 heterocycles. The molecule has 0 fully saturated rings. The lowest BCUT2D eigenvalue weighted by molar-refractivity contribution is -0.127.